The van der Waals surface area contributed by atoms with Crippen molar-refractivity contribution < 1.29 is 26.7 Å². The Morgan fingerprint density at radius 3 is 2.40 bits per heavy atom. The van der Waals surface area contributed by atoms with Gasteiger partial charge in [0, 0.05) is 6.61 Å². The molecule has 0 saturated heterocycles. The molecule has 0 spiro atoms. The first-order valence-electron chi connectivity index (χ1n) is 5.94. The zero-order valence-electron chi connectivity index (χ0n) is 11.2. The lowest BCUT2D eigenvalue weighted by Crippen LogP contribution is -2.16. The highest BCUT2D eigenvalue weighted by Gasteiger charge is 2.21. The van der Waals surface area contributed by atoms with Gasteiger partial charge in [-0.05, 0) is 18.1 Å². The number of halogens is 2. The van der Waals surface area contributed by atoms with E-state index in [1.54, 1.807) is 0 Å². The Morgan fingerprint density at radius 1 is 1.20 bits per heavy atom. The minimum Gasteiger partial charge on any atom is -0.488 e. The Hall–Kier alpha value is -1.25. The van der Waals surface area contributed by atoms with E-state index in [1.807, 2.05) is 13.8 Å². The maximum atomic E-state index is 13.6. The summed E-state index contributed by atoms with van der Waals surface area (Å²) < 4.78 is 59.2. The van der Waals surface area contributed by atoms with Gasteiger partial charge in [-0.15, -0.1) is 0 Å². The van der Waals surface area contributed by atoms with Gasteiger partial charge in [-0.3, -0.25) is 0 Å². The van der Waals surface area contributed by atoms with Gasteiger partial charge in [0.05, 0.1) is 6.61 Å². The largest absolute Gasteiger partial charge is 0.488 e. The minimum atomic E-state index is -4.31. The molecular formula is C12H17F2NO4S. The molecule has 0 aliphatic rings. The second-order valence-electron chi connectivity index (χ2n) is 4.55. The van der Waals surface area contributed by atoms with Crippen molar-refractivity contribution in [3.8, 4) is 5.75 Å². The molecule has 0 fully saturated rings. The van der Waals surface area contributed by atoms with Crippen LogP contribution in [-0.4, -0.2) is 28.2 Å². The molecule has 0 aromatic heterocycles. The lowest BCUT2D eigenvalue weighted by molar-refractivity contribution is 0.0805. The average Bonchev–Trinajstić information content (AvgIpc) is 2.32. The van der Waals surface area contributed by atoms with Crippen LogP contribution in [0.15, 0.2) is 17.0 Å². The zero-order valence-corrected chi connectivity index (χ0v) is 12.0. The van der Waals surface area contributed by atoms with Gasteiger partial charge >= 0.3 is 0 Å². The van der Waals surface area contributed by atoms with Crippen LogP contribution in [0.5, 0.6) is 5.75 Å². The minimum absolute atomic E-state index is 0.0256. The number of hydrogen-bond acceptors (Lipinski definition) is 4. The first-order valence-corrected chi connectivity index (χ1v) is 7.49. The highest BCUT2D eigenvalue weighted by molar-refractivity contribution is 7.89. The van der Waals surface area contributed by atoms with E-state index >= 15 is 0 Å². The molecule has 0 aliphatic carbocycles. The zero-order chi connectivity index (χ0) is 15.3. The molecule has 0 saturated carbocycles. The maximum Gasteiger partial charge on any atom is 0.241 e. The Bertz CT molecular complexity index is 561. The molecule has 114 valence electrons. The Labute approximate surface area is 116 Å². The van der Waals surface area contributed by atoms with Crippen LogP contribution in [-0.2, 0) is 14.8 Å². The molecule has 8 heteroatoms. The smallest absolute Gasteiger partial charge is 0.241 e. The van der Waals surface area contributed by atoms with Crippen LogP contribution in [0.1, 0.15) is 13.8 Å². The lowest BCUT2D eigenvalue weighted by Gasteiger charge is -2.10. The molecule has 0 aliphatic heterocycles. The van der Waals surface area contributed by atoms with Gasteiger partial charge in [-0.1, -0.05) is 13.8 Å². The third-order valence-corrected chi connectivity index (χ3v) is 3.18. The second kappa shape index (κ2) is 6.96. The SMILES string of the molecule is CC(C)COCCOc1ccc(S(N)(=O)=O)c(F)c1F. The van der Waals surface area contributed by atoms with Crippen LogP contribution in [0.25, 0.3) is 0 Å². The number of sulfonamides is 1. The van der Waals surface area contributed by atoms with Crippen molar-refractivity contribution in [3.63, 3.8) is 0 Å². The monoisotopic (exact) mass is 309 g/mol. The molecule has 0 atom stereocenters. The standard InChI is InChI=1S/C12H17F2NO4S/c1-8(2)7-18-5-6-19-9-3-4-10(20(15,16)17)12(14)11(9)13/h3-4,8H,5-7H2,1-2H3,(H2,15,16,17). The summed E-state index contributed by atoms with van der Waals surface area (Å²) in [7, 11) is -4.31. The molecule has 0 radical (unpaired) electrons. The topological polar surface area (TPSA) is 78.6 Å². The van der Waals surface area contributed by atoms with E-state index in [1.165, 1.54) is 0 Å². The van der Waals surface area contributed by atoms with Crippen LogP contribution in [0.3, 0.4) is 0 Å². The number of nitrogens with two attached hydrogens (primary N) is 1. The van der Waals surface area contributed by atoms with Crippen molar-refractivity contribution in [1.29, 1.82) is 0 Å². The van der Waals surface area contributed by atoms with E-state index in [0.29, 0.717) is 12.5 Å². The number of hydrogen-bond donors (Lipinski definition) is 1. The van der Waals surface area contributed by atoms with Gasteiger partial charge in [0.15, 0.2) is 11.6 Å². The molecule has 0 bridgehead atoms. The van der Waals surface area contributed by atoms with Crippen molar-refractivity contribution in [1.82, 2.24) is 0 Å². The van der Waals surface area contributed by atoms with Gasteiger partial charge in [0.1, 0.15) is 11.5 Å². The molecule has 1 rings (SSSR count). The Balaban J connectivity index is 2.67. The Morgan fingerprint density at radius 2 is 1.85 bits per heavy atom. The van der Waals surface area contributed by atoms with Crippen LogP contribution in [0.4, 0.5) is 8.78 Å². The highest BCUT2D eigenvalue weighted by atomic mass is 32.2. The second-order valence-corrected chi connectivity index (χ2v) is 6.08. The fourth-order valence-corrected chi connectivity index (χ4v) is 1.97. The molecule has 0 heterocycles. The van der Waals surface area contributed by atoms with Crippen molar-refractivity contribution in [2.45, 2.75) is 18.7 Å². The molecule has 0 amide bonds. The molecule has 1 aromatic carbocycles. The summed E-state index contributed by atoms with van der Waals surface area (Å²) in [5.74, 6) is -2.96. The van der Waals surface area contributed by atoms with Crippen molar-refractivity contribution in [3.05, 3.63) is 23.8 Å². The molecule has 0 unspecified atom stereocenters. The number of primary sulfonamides is 1. The van der Waals surface area contributed by atoms with Crippen LogP contribution < -0.4 is 9.88 Å². The quantitative estimate of drug-likeness (QED) is 0.777. The summed E-state index contributed by atoms with van der Waals surface area (Å²) in [5, 5.41) is 4.75. The first-order chi connectivity index (χ1) is 9.23. The van der Waals surface area contributed by atoms with E-state index in [-0.39, 0.29) is 19.0 Å². The molecular weight excluding hydrogens is 292 g/mol. The van der Waals surface area contributed by atoms with E-state index in [4.69, 9.17) is 14.6 Å². The third-order valence-electron chi connectivity index (χ3n) is 2.25. The summed E-state index contributed by atoms with van der Waals surface area (Å²) in [6, 6.07) is 1.87. The van der Waals surface area contributed by atoms with Crippen LogP contribution >= 0.6 is 0 Å². The molecule has 20 heavy (non-hydrogen) atoms. The molecule has 5 nitrogen and oxygen atoms in total. The summed E-state index contributed by atoms with van der Waals surface area (Å²) in [4.78, 5) is -0.904. The third kappa shape index (κ3) is 4.69. The van der Waals surface area contributed by atoms with Gasteiger partial charge in [-0.25, -0.2) is 17.9 Å². The summed E-state index contributed by atoms with van der Waals surface area (Å²) in [6.07, 6.45) is 0. The lowest BCUT2D eigenvalue weighted by atomic mass is 10.2. The Kier molecular flexibility index (Phi) is 5.85. The first kappa shape index (κ1) is 16.8. The van der Waals surface area contributed by atoms with Crippen LogP contribution in [0.2, 0.25) is 0 Å². The predicted octanol–water partition coefficient (Wildman–Crippen LogP) is 1.66. The molecule has 2 N–H and O–H groups in total. The fourth-order valence-electron chi connectivity index (χ4n) is 1.37. The normalized spacial score (nSPS) is 11.9. The van der Waals surface area contributed by atoms with Crippen LogP contribution in [0, 0.1) is 17.6 Å². The van der Waals surface area contributed by atoms with Gasteiger partial charge in [0.2, 0.25) is 15.8 Å². The summed E-state index contributed by atoms with van der Waals surface area (Å²) in [6.45, 7) is 4.72. The number of ether oxygens (including phenoxy) is 2. The predicted molar refractivity (Wildman–Crippen MR) is 68.9 cm³/mol. The van der Waals surface area contributed by atoms with E-state index in [2.05, 4.69) is 0 Å². The van der Waals surface area contributed by atoms with E-state index < -0.39 is 26.6 Å². The summed E-state index contributed by atoms with van der Waals surface area (Å²) in [5.41, 5.74) is 0. The average molecular weight is 309 g/mol. The van der Waals surface area contributed by atoms with Crippen molar-refractivity contribution in [2.75, 3.05) is 19.8 Å². The highest BCUT2D eigenvalue weighted by Crippen LogP contribution is 2.24. The van der Waals surface area contributed by atoms with Gasteiger partial charge < -0.3 is 9.47 Å². The van der Waals surface area contributed by atoms with E-state index in [0.717, 1.165) is 12.1 Å². The molecule has 1 aromatic rings. The van der Waals surface area contributed by atoms with Gasteiger partial charge in [-0.2, -0.15) is 4.39 Å². The van der Waals surface area contributed by atoms with Crippen molar-refractivity contribution >= 4 is 10.0 Å². The fraction of sp³-hybridized carbons (Fsp3) is 0.500. The van der Waals surface area contributed by atoms with Gasteiger partial charge in [0.25, 0.3) is 0 Å². The van der Waals surface area contributed by atoms with Crippen molar-refractivity contribution in [2.24, 2.45) is 11.1 Å². The number of benzene rings is 1. The summed E-state index contributed by atoms with van der Waals surface area (Å²) >= 11 is 0. The van der Waals surface area contributed by atoms with E-state index in [9.17, 15) is 17.2 Å². The maximum absolute atomic E-state index is 13.6. The number of rotatable bonds is 7.